The summed E-state index contributed by atoms with van der Waals surface area (Å²) in [4.78, 5) is 12.1. The van der Waals surface area contributed by atoms with E-state index in [2.05, 4.69) is 15.5 Å². The number of rotatable bonds is 5. The van der Waals surface area contributed by atoms with Gasteiger partial charge < -0.3 is 11.2 Å². The predicted octanol–water partition coefficient (Wildman–Crippen LogP) is 3.35. The number of amides is 1. The molecule has 1 heterocycles. The van der Waals surface area contributed by atoms with E-state index in [1.807, 2.05) is 31.2 Å². The topological polar surface area (TPSA) is 85.8 Å². The van der Waals surface area contributed by atoms with Crippen LogP contribution in [0.2, 0.25) is 5.02 Å². The Morgan fingerprint density at radius 3 is 2.80 bits per heavy atom. The molecule has 0 fully saturated rings. The summed E-state index contributed by atoms with van der Waals surface area (Å²) in [6.07, 6.45) is 0. The molecule has 0 radical (unpaired) electrons. The first kappa shape index (κ1) is 17.3. The molecule has 8 heteroatoms. The predicted molar refractivity (Wildman–Crippen MR) is 101 cm³/mol. The number of nitrogens with two attached hydrogens (primary N) is 1. The van der Waals surface area contributed by atoms with Crippen LogP contribution >= 0.6 is 23.4 Å². The van der Waals surface area contributed by atoms with Crippen molar-refractivity contribution in [3.8, 4) is 11.4 Å². The Morgan fingerprint density at radius 2 is 2.04 bits per heavy atom. The minimum Gasteiger partial charge on any atom is -0.335 e. The van der Waals surface area contributed by atoms with Crippen molar-refractivity contribution in [1.82, 2.24) is 14.9 Å². The molecule has 0 unspecified atom stereocenters. The summed E-state index contributed by atoms with van der Waals surface area (Å²) in [5.74, 6) is 6.57. The number of halogens is 1. The molecule has 0 aliphatic rings. The molecule has 1 aromatic heterocycles. The standard InChI is InChI=1S/C17H16ClN5OS/c1-11-5-4-6-12(9-11)16-21-22-17(23(16)19)25-10-15(24)20-14-8-3-2-7-13(14)18/h2-9H,10,19H2,1H3,(H,20,24). The van der Waals surface area contributed by atoms with Gasteiger partial charge in [0.15, 0.2) is 5.82 Å². The van der Waals surface area contributed by atoms with Crippen LogP contribution in [0, 0.1) is 6.92 Å². The van der Waals surface area contributed by atoms with E-state index in [0.717, 1.165) is 11.1 Å². The van der Waals surface area contributed by atoms with Gasteiger partial charge in [-0.2, -0.15) is 0 Å². The molecule has 0 bridgehead atoms. The van der Waals surface area contributed by atoms with E-state index in [4.69, 9.17) is 17.4 Å². The molecule has 0 saturated heterocycles. The molecule has 0 aliphatic carbocycles. The number of nitrogens with zero attached hydrogens (tertiary/aromatic N) is 3. The number of aryl methyl sites for hydroxylation is 1. The highest BCUT2D eigenvalue weighted by atomic mass is 35.5. The maximum absolute atomic E-state index is 12.1. The zero-order chi connectivity index (χ0) is 17.8. The molecule has 0 aliphatic heterocycles. The second-order valence-electron chi connectivity index (χ2n) is 5.36. The Hall–Kier alpha value is -2.51. The summed E-state index contributed by atoms with van der Waals surface area (Å²) in [6, 6.07) is 14.9. The van der Waals surface area contributed by atoms with E-state index in [9.17, 15) is 4.79 Å². The first-order chi connectivity index (χ1) is 12.0. The Bertz CT molecular complexity index is 912. The summed E-state index contributed by atoms with van der Waals surface area (Å²) < 4.78 is 1.39. The Kier molecular flexibility index (Phi) is 5.25. The molecular weight excluding hydrogens is 358 g/mol. The molecule has 0 saturated carbocycles. The number of aromatic nitrogens is 3. The molecule has 3 aromatic rings. The molecule has 2 aromatic carbocycles. The minimum atomic E-state index is -0.196. The van der Waals surface area contributed by atoms with Crippen molar-refractivity contribution < 1.29 is 4.79 Å². The summed E-state index contributed by atoms with van der Waals surface area (Å²) in [6.45, 7) is 2.00. The van der Waals surface area contributed by atoms with Crippen LogP contribution in [0.15, 0.2) is 53.7 Å². The first-order valence-corrected chi connectivity index (χ1v) is 8.85. The largest absolute Gasteiger partial charge is 0.335 e. The number of thioether (sulfide) groups is 1. The van der Waals surface area contributed by atoms with Crippen LogP contribution in [0.5, 0.6) is 0 Å². The van der Waals surface area contributed by atoms with Crippen molar-refractivity contribution in [2.45, 2.75) is 12.1 Å². The summed E-state index contributed by atoms with van der Waals surface area (Å²) >= 11 is 7.24. The van der Waals surface area contributed by atoms with Crippen LogP contribution in [0.1, 0.15) is 5.56 Å². The minimum absolute atomic E-state index is 0.147. The Balaban J connectivity index is 1.66. The van der Waals surface area contributed by atoms with Crippen LogP contribution in [0.3, 0.4) is 0 Å². The maximum atomic E-state index is 12.1. The van der Waals surface area contributed by atoms with Gasteiger partial charge in [-0.25, -0.2) is 4.68 Å². The van der Waals surface area contributed by atoms with Gasteiger partial charge in [0.25, 0.3) is 0 Å². The maximum Gasteiger partial charge on any atom is 0.234 e. The van der Waals surface area contributed by atoms with E-state index >= 15 is 0 Å². The zero-order valence-electron chi connectivity index (χ0n) is 13.4. The molecule has 0 spiro atoms. The molecule has 1 amide bonds. The van der Waals surface area contributed by atoms with Crippen molar-refractivity contribution in [3.63, 3.8) is 0 Å². The van der Waals surface area contributed by atoms with Gasteiger partial charge in [-0.05, 0) is 25.1 Å². The van der Waals surface area contributed by atoms with E-state index < -0.39 is 0 Å². The van der Waals surface area contributed by atoms with Crippen LogP contribution in [0.25, 0.3) is 11.4 Å². The number of nitrogens with one attached hydrogen (secondary N) is 1. The quantitative estimate of drug-likeness (QED) is 0.529. The van der Waals surface area contributed by atoms with Crippen molar-refractivity contribution in [1.29, 1.82) is 0 Å². The number of carbonyl (C=O) groups is 1. The first-order valence-electron chi connectivity index (χ1n) is 7.49. The molecule has 25 heavy (non-hydrogen) atoms. The highest BCUT2D eigenvalue weighted by Gasteiger charge is 2.14. The summed E-state index contributed by atoms with van der Waals surface area (Å²) in [5, 5.41) is 11.9. The molecule has 0 atom stereocenters. The van der Waals surface area contributed by atoms with Gasteiger partial charge in [0.1, 0.15) is 0 Å². The lowest BCUT2D eigenvalue weighted by molar-refractivity contribution is -0.113. The highest BCUT2D eigenvalue weighted by Crippen LogP contribution is 2.23. The van der Waals surface area contributed by atoms with Gasteiger partial charge in [0.05, 0.1) is 16.5 Å². The number of benzene rings is 2. The van der Waals surface area contributed by atoms with Crippen molar-refractivity contribution in [2.24, 2.45) is 0 Å². The summed E-state index contributed by atoms with van der Waals surface area (Å²) in [5.41, 5.74) is 2.56. The SMILES string of the molecule is Cc1cccc(-c2nnc(SCC(=O)Nc3ccccc3Cl)n2N)c1. The second-order valence-corrected chi connectivity index (χ2v) is 6.71. The van der Waals surface area contributed by atoms with E-state index in [0.29, 0.717) is 21.7 Å². The van der Waals surface area contributed by atoms with Gasteiger partial charge in [0, 0.05) is 5.56 Å². The van der Waals surface area contributed by atoms with Crippen LogP contribution in [-0.2, 0) is 4.79 Å². The number of nitrogen functional groups attached to an aromatic ring is 1. The van der Waals surface area contributed by atoms with Crippen LogP contribution in [0.4, 0.5) is 5.69 Å². The van der Waals surface area contributed by atoms with Gasteiger partial charge in [-0.15, -0.1) is 10.2 Å². The van der Waals surface area contributed by atoms with Gasteiger partial charge in [-0.1, -0.05) is 59.3 Å². The van der Waals surface area contributed by atoms with Crippen LogP contribution in [-0.4, -0.2) is 26.5 Å². The second kappa shape index (κ2) is 7.58. The van der Waals surface area contributed by atoms with Crippen molar-refractivity contribution >= 4 is 35.0 Å². The van der Waals surface area contributed by atoms with Crippen molar-refractivity contribution in [2.75, 3.05) is 16.9 Å². The average Bonchev–Trinajstić information content (AvgIpc) is 2.96. The summed E-state index contributed by atoms with van der Waals surface area (Å²) in [7, 11) is 0. The Labute approximate surface area is 154 Å². The van der Waals surface area contributed by atoms with E-state index in [1.54, 1.807) is 24.3 Å². The van der Waals surface area contributed by atoms with Gasteiger partial charge >= 0.3 is 0 Å². The molecule has 3 N–H and O–H groups in total. The third-order valence-corrected chi connectivity index (χ3v) is 4.69. The Morgan fingerprint density at radius 1 is 1.24 bits per heavy atom. The fourth-order valence-corrected chi connectivity index (χ4v) is 3.07. The van der Waals surface area contributed by atoms with Crippen molar-refractivity contribution in [3.05, 3.63) is 59.1 Å². The van der Waals surface area contributed by atoms with Crippen LogP contribution < -0.4 is 11.2 Å². The van der Waals surface area contributed by atoms with Gasteiger partial charge in [0.2, 0.25) is 11.1 Å². The number of carbonyl (C=O) groups excluding carboxylic acids is 1. The fourth-order valence-electron chi connectivity index (χ4n) is 2.24. The van der Waals surface area contributed by atoms with E-state index in [-0.39, 0.29) is 11.7 Å². The normalized spacial score (nSPS) is 10.6. The number of para-hydroxylation sites is 1. The third kappa shape index (κ3) is 4.12. The lowest BCUT2D eigenvalue weighted by Gasteiger charge is -2.07. The average molecular weight is 374 g/mol. The number of hydrogen-bond acceptors (Lipinski definition) is 5. The van der Waals surface area contributed by atoms with E-state index in [1.165, 1.54) is 16.4 Å². The monoisotopic (exact) mass is 373 g/mol. The highest BCUT2D eigenvalue weighted by molar-refractivity contribution is 7.99. The third-order valence-electron chi connectivity index (χ3n) is 3.42. The molecule has 3 rings (SSSR count). The molecular formula is C17H16ClN5OS. The smallest absolute Gasteiger partial charge is 0.234 e. The van der Waals surface area contributed by atoms with Gasteiger partial charge in [-0.3, -0.25) is 4.79 Å². The fraction of sp³-hybridized carbons (Fsp3) is 0.118. The molecule has 6 nitrogen and oxygen atoms in total. The lowest BCUT2D eigenvalue weighted by atomic mass is 10.1. The number of anilines is 1. The lowest BCUT2D eigenvalue weighted by Crippen LogP contribution is -2.16. The number of hydrogen-bond donors (Lipinski definition) is 2. The zero-order valence-corrected chi connectivity index (χ0v) is 15.0. The molecule has 128 valence electrons.